The molecule has 2 aromatic heterocycles. The average Bonchev–Trinajstić information content (AvgIpc) is 3.42. The van der Waals surface area contributed by atoms with Gasteiger partial charge < -0.3 is 14.2 Å². The van der Waals surface area contributed by atoms with Crippen molar-refractivity contribution < 1.29 is 14.2 Å². The average molecular weight is 472 g/mol. The molecule has 0 spiro atoms. The van der Waals surface area contributed by atoms with E-state index in [2.05, 4.69) is 23.8 Å². The Hall–Kier alpha value is -2.58. The third-order valence-electron chi connectivity index (χ3n) is 5.71. The standard InChI is InChI=1S/C24H29N3O3S2/c1-16-10-11-31-22(16)14-25-27-19(15-32-24(27)26-18-8-6-5-7-9-18)17-12-20(28-2)23(30-4)21(13-17)29-3/h10-15,18H,5-9H2,1-4H3. The van der Waals surface area contributed by atoms with Gasteiger partial charge in [0.2, 0.25) is 10.6 Å². The van der Waals surface area contributed by atoms with E-state index in [0.29, 0.717) is 23.3 Å². The lowest BCUT2D eigenvalue weighted by Gasteiger charge is -2.17. The van der Waals surface area contributed by atoms with Crippen molar-refractivity contribution >= 4 is 28.9 Å². The molecule has 1 saturated carbocycles. The highest BCUT2D eigenvalue weighted by atomic mass is 32.1. The molecule has 32 heavy (non-hydrogen) atoms. The highest BCUT2D eigenvalue weighted by molar-refractivity contribution is 7.11. The molecule has 170 valence electrons. The highest BCUT2D eigenvalue weighted by Gasteiger charge is 2.18. The molecule has 3 aromatic rings. The second-order valence-corrected chi connectivity index (χ2v) is 9.55. The van der Waals surface area contributed by atoms with Crippen molar-refractivity contribution in [2.24, 2.45) is 10.1 Å². The number of ether oxygens (including phenoxy) is 3. The predicted molar refractivity (Wildman–Crippen MR) is 132 cm³/mol. The van der Waals surface area contributed by atoms with Crippen molar-refractivity contribution in [2.45, 2.75) is 45.1 Å². The van der Waals surface area contributed by atoms with Crippen LogP contribution < -0.4 is 19.0 Å². The Kier molecular flexibility index (Phi) is 7.32. The van der Waals surface area contributed by atoms with E-state index in [9.17, 15) is 0 Å². The number of thiazole rings is 1. The van der Waals surface area contributed by atoms with Gasteiger partial charge in [0.05, 0.1) is 44.2 Å². The molecule has 1 aromatic carbocycles. The normalized spacial score (nSPS) is 15.4. The zero-order chi connectivity index (χ0) is 22.5. The van der Waals surface area contributed by atoms with Crippen molar-refractivity contribution in [2.75, 3.05) is 21.3 Å². The van der Waals surface area contributed by atoms with Crippen LogP contribution in [-0.2, 0) is 0 Å². The van der Waals surface area contributed by atoms with Gasteiger partial charge in [-0.05, 0) is 48.9 Å². The molecule has 1 aliphatic rings. The number of nitrogens with zero attached hydrogens (tertiary/aromatic N) is 3. The Bertz CT molecular complexity index is 1130. The first-order chi connectivity index (χ1) is 15.6. The van der Waals surface area contributed by atoms with Crippen LogP contribution in [-0.4, -0.2) is 38.3 Å². The first-order valence-corrected chi connectivity index (χ1v) is 12.5. The maximum Gasteiger partial charge on any atom is 0.206 e. The van der Waals surface area contributed by atoms with Crippen molar-refractivity contribution in [3.63, 3.8) is 0 Å². The van der Waals surface area contributed by atoms with Gasteiger partial charge in [0.25, 0.3) is 0 Å². The van der Waals surface area contributed by atoms with Crippen LogP contribution in [0.3, 0.4) is 0 Å². The molecular weight excluding hydrogens is 442 g/mol. The molecule has 0 atom stereocenters. The molecule has 1 fully saturated rings. The summed E-state index contributed by atoms with van der Waals surface area (Å²) in [5.41, 5.74) is 3.09. The summed E-state index contributed by atoms with van der Waals surface area (Å²) < 4.78 is 18.6. The minimum Gasteiger partial charge on any atom is -0.493 e. The second kappa shape index (κ2) is 10.4. The fourth-order valence-corrected chi connectivity index (χ4v) is 5.61. The fraction of sp³-hybridized carbons (Fsp3) is 0.417. The molecule has 4 rings (SSSR count). The molecule has 0 bridgehead atoms. The number of rotatable bonds is 7. The number of benzene rings is 1. The number of thiophene rings is 1. The Morgan fingerprint density at radius 2 is 1.72 bits per heavy atom. The van der Waals surface area contributed by atoms with Gasteiger partial charge in [0, 0.05) is 10.9 Å². The third-order valence-corrected chi connectivity index (χ3v) is 7.49. The quantitative estimate of drug-likeness (QED) is 0.414. The molecule has 0 saturated heterocycles. The van der Waals surface area contributed by atoms with E-state index in [1.165, 1.54) is 24.8 Å². The SMILES string of the molecule is COc1cc(-c2csc(=NC3CCCCC3)n2N=Cc2sccc2C)cc(OC)c1OC. The lowest BCUT2D eigenvalue weighted by Crippen LogP contribution is -2.19. The Morgan fingerprint density at radius 1 is 1.00 bits per heavy atom. The summed E-state index contributed by atoms with van der Waals surface area (Å²) in [6.07, 6.45) is 8.02. The lowest BCUT2D eigenvalue weighted by molar-refractivity contribution is 0.324. The van der Waals surface area contributed by atoms with Gasteiger partial charge in [-0.15, -0.1) is 22.7 Å². The lowest BCUT2D eigenvalue weighted by atomic mass is 9.96. The van der Waals surface area contributed by atoms with Crippen molar-refractivity contribution in [1.82, 2.24) is 4.68 Å². The molecule has 8 heteroatoms. The summed E-state index contributed by atoms with van der Waals surface area (Å²) >= 11 is 3.30. The highest BCUT2D eigenvalue weighted by Crippen LogP contribution is 2.41. The van der Waals surface area contributed by atoms with Crippen LogP contribution in [0.5, 0.6) is 17.2 Å². The number of aromatic nitrogens is 1. The zero-order valence-electron chi connectivity index (χ0n) is 19.0. The van der Waals surface area contributed by atoms with E-state index in [0.717, 1.165) is 33.8 Å². The number of aryl methyl sites for hydroxylation is 1. The molecular formula is C24H29N3O3S2. The molecule has 2 heterocycles. The smallest absolute Gasteiger partial charge is 0.206 e. The van der Waals surface area contributed by atoms with Crippen LogP contribution in [0.15, 0.2) is 39.1 Å². The maximum absolute atomic E-state index is 5.57. The minimum absolute atomic E-state index is 0.361. The summed E-state index contributed by atoms with van der Waals surface area (Å²) in [4.78, 5) is 7.14. The zero-order valence-corrected chi connectivity index (χ0v) is 20.6. The van der Waals surface area contributed by atoms with Crippen LogP contribution in [0.2, 0.25) is 0 Å². The Balaban J connectivity index is 1.84. The minimum atomic E-state index is 0.361. The van der Waals surface area contributed by atoms with Gasteiger partial charge >= 0.3 is 0 Å². The maximum atomic E-state index is 5.57. The number of hydrogen-bond acceptors (Lipinski definition) is 7. The topological polar surface area (TPSA) is 57.3 Å². The molecule has 0 radical (unpaired) electrons. The summed E-state index contributed by atoms with van der Waals surface area (Å²) in [5, 5.41) is 9.05. The largest absolute Gasteiger partial charge is 0.493 e. The van der Waals surface area contributed by atoms with Gasteiger partial charge in [0.1, 0.15) is 0 Å². The summed E-state index contributed by atoms with van der Waals surface area (Å²) in [7, 11) is 4.87. The van der Waals surface area contributed by atoms with Gasteiger partial charge in [0.15, 0.2) is 11.5 Å². The van der Waals surface area contributed by atoms with Crippen molar-refractivity contribution in [3.05, 3.63) is 44.2 Å². The van der Waals surface area contributed by atoms with Crippen LogP contribution in [0.25, 0.3) is 11.3 Å². The van der Waals surface area contributed by atoms with Gasteiger partial charge in [-0.1, -0.05) is 19.3 Å². The van der Waals surface area contributed by atoms with Crippen LogP contribution in [0.4, 0.5) is 0 Å². The van der Waals surface area contributed by atoms with E-state index in [1.54, 1.807) is 44.0 Å². The summed E-state index contributed by atoms with van der Waals surface area (Å²) in [5.74, 6) is 1.80. The van der Waals surface area contributed by atoms with E-state index < -0.39 is 0 Å². The second-order valence-electron chi connectivity index (χ2n) is 7.76. The third kappa shape index (κ3) is 4.76. The fourth-order valence-electron chi connectivity index (χ4n) is 3.92. The Morgan fingerprint density at radius 3 is 2.31 bits per heavy atom. The first kappa shape index (κ1) is 22.6. The monoisotopic (exact) mass is 471 g/mol. The van der Waals surface area contributed by atoms with Crippen molar-refractivity contribution in [3.8, 4) is 28.5 Å². The van der Waals surface area contributed by atoms with Crippen LogP contribution >= 0.6 is 22.7 Å². The molecule has 0 aliphatic heterocycles. The molecule has 0 N–H and O–H groups in total. The predicted octanol–water partition coefficient (Wildman–Crippen LogP) is 5.73. The number of hydrogen-bond donors (Lipinski definition) is 0. The van der Waals surface area contributed by atoms with Crippen LogP contribution in [0.1, 0.15) is 42.5 Å². The van der Waals surface area contributed by atoms with Gasteiger partial charge in [-0.25, -0.2) is 4.68 Å². The first-order valence-electron chi connectivity index (χ1n) is 10.8. The van der Waals surface area contributed by atoms with Crippen molar-refractivity contribution in [1.29, 1.82) is 0 Å². The van der Waals surface area contributed by atoms with E-state index in [-0.39, 0.29) is 0 Å². The molecule has 0 unspecified atom stereocenters. The summed E-state index contributed by atoms with van der Waals surface area (Å²) in [6.45, 7) is 2.10. The summed E-state index contributed by atoms with van der Waals surface area (Å²) in [6, 6.07) is 6.38. The molecule has 6 nitrogen and oxygen atoms in total. The molecule has 0 amide bonds. The van der Waals surface area contributed by atoms with E-state index >= 15 is 0 Å². The van der Waals surface area contributed by atoms with Gasteiger partial charge in [-0.2, -0.15) is 5.10 Å². The number of methoxy groups -OCH3 is 3. The Labute approximate surface area is 196 Å². The molecule has 1 aliphatic carbocycles. The van der Waals surface area contributed by atoms with Gasteiger partial charge in [-0.3, -0.25) is 4.99 Å². The van der Waals surface area contributed by atoms with E-state index in [1.807, 2.05) is 23.0 Å². The van der Waals surface area contributed by atoms with E-state index in [4.69, 9.17) is 24.3 Å². The van der Waals surface area contributed by atoms with Crippen LogP contribution in [0, 0.1) is 6.92 Å².